The number of rotatable bonds is 4. The molecule has 7 heteroatoms. The normalized spacial score (nSPS) is 22.2. The fourth-order valence-electron chi connectivity index (χ4n) is 4.28. The first kappa shape index (κ1) is 18.7. The summed E-state index contributed by atoms with van der Waals surface area (Å²) < 4.78 is 5.52. The Morgan fingerprint density at radius 3 is 2.93 bits per heavy atom. The van der Waals surface area contributed by atoms with E-state index in [9.17, 15) is 4.79 Å². The van der Waals surface area contributed by atoms with Gasteiger partial charge in [0.1, 0.15) is 9.71 Å². The van der Waals surface area contributed by atoms with Crippen LogP contribution in [0.15, 0.2) is 12.1 Å². The van der Waals surface area contributed by atoms with Crippen molar-refractivity contribution in [1.29, 1.82) is 0 Å². The number of pyridine rings is 1. The van der Waals surface area contributed by atoms with Gasteiger partial charge in [-0.2, -0.15) is 0 Å². The minimum Gasteiger partial charge on any atom is -0.397 e. The summed E-state index contributed by atoms with van der Waals surface area (Å²) in [4.78, 5) is 21.0. The zero-order valence-corrected chi connectivity index (χ0v) is 16.7. The summed E-state index contributed by atoms with van der Waals surface area (Å²) in [5.74, 6) is 0.580. The molecule has 4 heterocycles. The van der Waals surface area contributed by atoms with Gasteiger partial charge in [0.2, 0.25) is 0 Å². The van der Waals surface area contributed by atoms with Crippen LogP contribution in [0.5, 0.6) is 0 Å². The summed E-state index contributed by atoms with van der Waals surface area (Å²) in [6, 6.07) is 4.50. The van der Waals surface area contributed by atoms with E-state index >= 15 is 0 Å². The first-order chi connectivity index (χ1) is 13.2. The summed E-state index contributed by atoms with van der Waals surface area (Å²) in [5.41, 5.74) is 7.83. The number of aromatic nitrogens is 1. The first-order valence-corrected chi connectivity index (χ1v) is 10.7. The van der Waals surface area contributed by atoms with E-state index in [-0.39, 0.29) is 5.91 Å². The molecule has 2 aliphatic heterocycles. The molecule has 2 aromatic rings. The van der Waals surface area contributed by atoms with Gasteiger partial charge in [-0.05, 0) is 50.3 Å². The maximum atomic E-state index is 12.0. The second-order valence-corrected chi connectivity index (χ2v) is 8.57. The van der Waals surface area contributed by atoms with E-state index in [0.29, 0.717) is 16.6 Å². The molecule has 2 aromatic heterocycles. The Bertz CT molecular complexity index is 816. The van der Waals surface area contributed by atoms with Gasteiger partial charge in [-0.25, -0.2) is 4.98 Å². The summed E-state index contributed by atoms with van der Waals surface area (Å²) in [6.07, 6.45) is 5.96. The van der Waals surface area contributed by atoms with Crippen LogP contribution in [0, 0.1) is 5.92 Å². The quantitative estimate of drug-likeness (QED) is 0.841. The number of amides is 1. The molecule has 0 spiro atoms. The van der Waals surface area contributed by atoms with Crippen molar-refractivity contribution in [3.05, 3.63) is 22.7 Å². The molecule has 1 atom stereocenters. The van der Waals surface area contributed by atoms with Crippen LogP contribution in [0.25, 0.3) is 10.2 Å². The van der Waals surface area contributed by atoms with Crippen molar-refractivity contribution in [2.75, 3.05) is 39.1 Å². The Morgan fingerprint density at radius 1 is 1.33 bits per heavy atom. The zero-order chi connectivity index (χ0) is 18.8. The molecule has 6 nitrogen and oxygen atoms in total. The molecule has 2 saturated heterocycles. The average molecular weight is 389 g/mol. The molecular formula is C20H28N4O2S. The number of nitrogens with zero attached hydrogens (tertiary/aromatic N) is 2. The van der Waals surface area contributed by atoms with E-state index in [1.54, 1.807) is 7.05 Å². The van der Waals surface area contributed by atoms with Crippen LogP contribution in [0.2, 0.25) is 0 Å². The van der Waals surface area contributed by atoms with Crippen LogP contribution in [-0.2, 0) is 4.74 Å². The Kier molecular flexibility index (Phi) is 5.61. The lowest BCUT2D eigenvalue weighted by Gasteiger charge is -2.38. The maximum absolute atomic E-state index is 12.0. The van der Waals surface area contributed by atoms with Crippen LogP contribution < -0.4 is 11.1 Å². The first-order valence-electron chi connectivity index (χ1n) is 9.90. The molecule has 0 radical (unpaired) electrons. The molecule has 146 valence electrons. The van der Waals surface area contributed by atoms with Crippen LogP contribution in [-0.4, -0.2) is 49.1 Å². The number of carbonyl (C=O) groups excluding carboxylic acids is 1. The molecular weight excluding hydrogens is 360 g/mol. The zero-order valence-electron chi connectivity index (χ0n) is 15.9. The van der Waals surface area contributed by atoms with E-state index in [4.69, 9.17) is 15.5 Å². The van der Waals surface area contributed by atoms with Crippen LogP contribution in [0.1, 0.15) is 53.5 Å². The smallest absolute Gasteiger partial charge is 0.263 e. The minimum atomic E-state index is -0.143. The molecule has 0 aromatic carbocycles. The standard InChI is InChI=1S/C20H28N4O2S/c1-22-19(25)18-17(21)14-5-6-15(23-20(14)27-18)16-4-2-3-9-24(16)12-13-7-10-26-11-8-13/h5-6,13,16H,2-4,7-12,21H2,1H3,(H,22,25). The van der Waals surface area contributed by atoms with Crippen molar-refractivity contribution in [2.24, 2.45) is 5.92 Å². The van der Waals surface area contributed by atoms with Crippen LogP contribution in [0.4, 0.5) is 5.69 Å². The Labute approximate surface area is 164 Å². The predicted molar refractivity (Wildman–Crippen MR) is 109 cm³/mol. The van der Waals surface area contributed by atoms with Crippen molar-refractivity contribution in [1.82, 2.24) is 15.2 Å². The monoisotopic (exact) mass is 388 g/mol. The van der Waals surface area contributed by atoms with Gasteiger partial charge >= 0.3 is 0 Å². The number of anilines is 1. The lowest BCUT2D eigenvalue weighted by Crippen LogP contribution is -2.38. The number of hydrogen-bond donors (Lipinski definition) is 2. The van der Waals surface area contributed by atoms with Crippen molar-refractivity contribution in [3.8, 4) is 0 Å². The van der Waals surface area contributed by atoms with Gasteiger partial charge in [0.25, 0.3) is 5.91 Å². The molecule has 4 rings (SSSR count). The van der Waals surface area contributed by atoms with Gasteiger partial charge in [-0.1, -0.05) is 6.42 Å². The number of fused-ring (bicyclic) bond motifs is 1. The Balaban J connectivity index is 1.59. The molecule has 2 aliphatic rings. The molecule has 1 unspecified atom stereocenters. The molecule has 3 N–H and O–H groups in total. The van der Waals surface area contributed by atoms with Gasteiger partial charge in [0, 0.05) is 32.2 Å². The van der Waals surface area contributed by atoms with Gasteiger partial charge in [-0.3, -0.25) is 9.69 Å². The fourth-order valence-corrected chi connectivity index (χ4v) is 5.33. The number of nitrogen functional groups attached to an aromatic ring is 1. The van der Waals surface area contributed by atoms with Gasteiger partial charge in [-0.15, -0.1) is 11.3 Å². The Morgan fingerprint density at radius 2 is 2.15 bits per heavy atom. The predicted octanol–water partition coefficient (Wildman–Crippen LogP) is 3.19. The highest BCUT2D eigenvalue weighted by Gasteiger charge is 2.28. The molecule has 0 saturated carbocycles. The number of thiophene rings is 1. The fraction of sp³-hybridized carbons (Fsp3) is 0.600. The summed E-state index contributed by atoms with van der Waals surface area (Å²) in [7, 11) is 1.63. The number of piperidine rings is 1. The number of nitrogens with two attached hydrogens (primary N) is 1. The van der Waals surface area contributed by atoms with Gasteiger partial charge < -0.3 is 15.8 Å². The van der Waals surface area contributed by atoms with Crippen molar-refractivity contribution in [3.63, 3.8) is 0 Å². The number of carbonyl (C=O) groups is 1. The number of likely N-dealkylation sites (tertiary alicyclic amines) is 1. The molecule has 2 fully saturated rings. The lowest BCUT2D eigenvalue weighted by atomic mass is 9.94. The van der Waals surface area contributed by atoms with E-state index in [2.05, 4.69) is 16.3 Å². The Hall–Kier alpha value is -1.70. The van der Waals surface area contributed by atoms with E-state index in [1.807, 2.05) is 6.07 Å². The van der Waals surface area contributed by atoms with E-state index < -0.39 is 0 Å². The van der Waals surface area contributed by atoms with Crippen molar-refractivity contribution >= 4 is 33.1 Å². The molecule has 27 heavy (non-hydrogen) atoms. The SMILES string of the molecule is CNC(=O)c1sc2nc(C3CCCCN3CC3CCOCC3)ccc2c1N. The van der Waals surface area contributed by atoms with Gasteiger partial charge in [0.15, 0.2) is 0 Å². The third-order valence-corrected chi connectivity index (χ3v) is 6.95. The number of nitrogens with one attached hydrogen (secondary N) is 1. The highest BCUT2D eigenvalue weighted by atomic mass is 32.1. The maximum Gasteiger partial charge on any atom is 0.263 e. The molecule has 0 aliphatic carbocycles. The third-order valence-electron chi connectivity index (χ3n) is 5.84. The van der Waals surface area contributed by atoms with Crippen molar-refractivity contribution < 1.29 is 9.53 Å². The number of ether oxygens (including phenoxy) is 1. The molecule has 0 bridgehead atoms. The highest BCUT2D eigenvalue weighted by molar-refractivity contribution is 7.21. The second-order valence-electron chi connectivity index (χ2n) is 7.58. The topological polar surface area (TPSA) is 80.5 Å². The lowest BCUT2D eigenvalue weighted by molar-refractivity contribution is 0.0377. The third kappa shape index (κ3) is 3.81. The summed E-state index contributed by atoms with van der Waals surface area (Å²) >= 11 is 1.39. The molecule has 1 amide bonds. The van der Waals surface area contributed by atoms with Crippen molar-refractivity contribution in [2.45, 2.75) is 38.1 Å². The summed E-state index contributed by atoms with van der Waals surface area (Å²) in [6.45, 7) is 4.05. The van der Waals surface area contributed by atoms with Crippen LogP contribution >= 0.6 is 11.3 Å². The largest absolute Gasteiger partial charge is 0.397 e. The van der Waals surface area contributed by atoms with Crippen LogP contribution in [0.3, 0.4) is 0 Å². The second kappa shape index (κ2) is 8.12. The van der Waals surface area contributed by atoms with Gasteiger partial charge in [0.05, 0.1) is 17.4 Å². The van der Waals surface area contributed by atoms with E-state index in [1.165, 1.54) is 24.2 Å². The minimum absolute atomic E-state index is 0.143. The van der Waals surface area contributed by atoms with E-state index in [0.717, 1.165) is 67.4 Å². The summed E-state index contributed by atoms with van der Waals surface area (Å²) in [5, 5.41) is 3.54. The highest BCUT2D eigenvalue weighted by Crippen LogP contribution is 2.36. The number of hydrogen-bond acceptors (Lipinski definition) is 6. The average Bonchev–Trinajstić information content (AvgIpc) is 3.04.